The second-order valence-corrected chi connectivity index (χ2v) is 10.8. The smallest absolute Gasteiger partial charge is 0.277 e. The van der Waals surface area contributed by atoms with Crippen LogP contribution in [0, 0.1) is 6.92 Å². The molecule has 0 atom stereocenters. The van der Waals surface area contributed by atoms with Crippen molar-refractivity contribution in [1.82, 2.24) is 15.1 Å². The molecule has 206 valence electrons. The molecule has 1 aliphatic heterocycles. The van der Waals surface area contributed by atoms with Crippen molar-refractivity contribution in [3.05, 3.63) is 102 Å². The van der Waals surface area contributed by atoms with E-state index >= 15 is 0 Å². The lowest BCUT2D eigenvalue weighted by Gasteiger charge is -2.36. The van der Waals surface area contributed by atoms with Gasteiger partial charge in [-0.3, -0.25) is 9.59 Å². The van der Waals surface area contributed by atoms with E-state index in [4.69, 9.17) is 4.42 Å². The minimum Gasteiger partial charge on any atom is -0.411 e. The molecular weight excluding hydrogens is 534 g/mol. The molecule has 1 aromatic heterocycles. The van der Waals surface area contributed by atoms with Gasteiger partial charge in [-0.25, -0.2) is 0 Å². The lowest BCUT2D eigenvalue weighted by atomic mass is 10.0. The summed E-state index contributed by atoms with van der Waals surface area (Å²) in [6, 6.07) is 29.5. The van der Waals surface area contributed by atoms with Gasteiger partial charge in [0.25, 0.3) is 11.1 Å². The summed E-state index contributed by atoms with van der Waals surface area (Å²) in [5.74, 6) is 0.510. The fourth-order valence-electron chi connectivity index (χ4n) is 5.02. The molecule has 41 heavy (non-hydrogen) atoms. The Morgan fingerprint density at radius 3 is 2.39 bits per heavy atom. The number of amides is 2. The number of nitrogens with one attached hydrogen (secondary N) is 1. The van der Waals surface area contributed by atoms with Crippen LogP contribution in [0.3, 0.4) is 0 Å². The van der Waals surface area contributed by atoms with Crippen molar-refractivity contribution >= 4 is 45.7 Å². The molecule has 8 nitrogen and oxygen atoms in total. The lowest BCUT2D eigenvalue weighted by molar-refractivity contribution is -0.113. The minimum atomic E-state index is -0.156. The van der Waals surface area contributed by atoms with Crippen molar-refractivity contribution in [3.8, 4) is 11.5 Å². The molecule has 4 aromatic carbocycles. The number of hydrogen-bond acceptors (Lipinski definition) is 7. The first-order valence-electron chi connectivity index (χ1n) is 13.5. The number of nitrogens with zero attached hydrogens (tertiary/aromatic N) is 4. The van der Waals surface area contributed by atoms with Crippen molar-refractivity contribution < 1.29 is 14.0 Å². The molecule has 0 aliphatic carbocycles. The summed E-state index contributed by atoms with van der Waals surface area (Å²) in [6.07, 6.45) is 0. The van der Waals surface area contributed by atoms with Crippen LogP contribution in [0.25, 0.3) is 22.2 Å². The van der Waals surface area contributed by atoms with Crippen LogP contribution in [-0.2, 0) is 4.79 Å². The van der Waals surface area contributed by atoms with Gasteiger partial charge in [0.05, 0.1) is 5.75 Å². The Morgan fingerprint density at radius 2 is 1.59 bits per heavy atom. The number of aromatic nitrogens is 2. The van der Waals surface area contributed by atoms with Crippen LogP contribution in [0.1, 0.15) is 15.9 Å². The molecule has 1 aliphatic rings. The summed E-state index contributed by atoms with van der Waals surface area (Å²) in [7, 11) is 0. The van der Waals surface area contributed by atoms with Gasteiger partial charge < -0.3 is 19.5 Å². The molecular formula is C32H29N5O3S. The van der Waals surface area contributed by atoms with Crippen molar-refractivity contribution in [3.63, 3.8) is 0 Å². The van der Waals surface area contributed by atoms with E-state index in [-0.39, 0.29) is 17.6 Å². The van der Waals surface area contributed by atoms with Crippen molar-refractivity contribution in [2.45, 2.75) is 12.1 Å². The molecule has 0 spiro atoms. The number of thioether (sulfide) groups is 1. The van der Waals surface area contributed by atoms with E-state index in [2.05, 4.69) is 20.4 Å². The van der Waals surface area contributed by atoms with E-state index in [1.165, 1.54) is 11.8 Å². The Kier molecular flexibility index (Phi) is 7.69. The Hall–Kier alpha value is -4.63. The van der Waals surface area contributed by atoms with Gasteiger partial charge in [-0.15, -0.1) is 10.2 Å². The molecule has 2 amide bonds. The van der Waals surface area contributed by atoms with Gasteiger partial charge in [0.1, 0.15) is 0 Å². The highest BCUT2D eigenvalue weighted by Crippen LogP contribution is 2.29. The third kappa shape index (κ3) is 5.95. The maximum Gasteiger partial charge on any atom is 0.277 e. The second kappa shape index (κ2) is 11.9. The second-order valence-electron chi connectivity index (χ2n) is 9.88. The number of benzene rings is 4. The number of carbonyl (C=O) groups is 2. The van der Waals surface area contributed by atoms with E-state index in [1.807, 2.05) is 103 Å². The first-order chi connectivity index (χ1) is 20.0. The molecule has 1 fully saturated rings. The van der Waals surface area contributed by atoms with Gasteiger partial charge in [-0.2, -0.15) is 0 Å². The molecule has 0 bridgehead atoms. The highest BCUT2D eigenvalue weighted by molar-refractivity contribution is 7.99. The number of aryl methyl sites for hydroxylation is 1. The Balaban J connectivity index is 0.997. The van der Waals surface area contributed by atoms with E-state index in [1.54, 1.807) is 0 Å². The zero-order chi connectivity index (χ0) is 28.2. The maximum absolute atomic E-state index is 12.9. The molecule has 0 unspecified atom stereocenters. The Morgan fingerprint density at radius 1 is 0.854 bits per heavy atom. The summed E-state index contributed by atoms with van der Waals surface area (Å²) >= 11 is 1.20. The Labute approximate surface area is 242 Å². The fraction of sp³-hybridized carbons (Fsp3) is 0.188. The van der Waals surface area contributed by atoms with Crippen molar-refractivity contribution in [2.24, 2.45) is 0 Å². The molecule has 9 heteroatoms. The average molecular weight is 564 g/mol. The molecule has 2 heterocycles. The maximum atomic E-state index is 12.9. The van der Waals surface area contributed by atoms with Crippen molar-refractivity contribution in [2.75, 3.05) is 42.1 Å². The molecule has 0 saturated carbocycles. The minimum absolute atomic E-state index is 0.0870. The summed E-state index contributed by atoms with van der Waals surface area (Å²) in [5.41, 5.74) is 4.41. The predicted molar refractivity (Wildman–Crippen MR) is 162 cm³/mol. The highest BCUT2D eigenvalue weighted by atomic mass is 32.2. The van der Waals surface area contributed by atoms with Crippen LogP contribution in [0.5, 0.6) is 0 Å². The number of carbonyl (C=O) groups excluding carboxylic acids is 2. The molecule has 5 aromatic rings. The zero-order valence-electron chi connectivity index (χ0n) is 22.6. The third-order valence-corrected chi connectivity index (χ3v) is 8.03. The largest absolute Gasteiger partial charge is 0.411 e. The monoisotopic (exact) mass is 563 g/mol. The van der Waals surface area contributed by atoms with Gasteiger partial charge >= 0.3 is 0 Å². The van der Waals surface area contributed by atoms with Crippen LogP contribution in [0.4, 0.5) is 11.4 Å². The lowest BCUT2D eigenvalue weighted by Crippen LogP contribution is -2.48. The predicted octanol–water partition coefficient (Wildman–Crippen LogP) is 5.89. The topological polar surface area (TPSA) is 91.6 Å². The summed E-state index contributed by atoms with van der Waals surface area (Å²) in [4.78, 5) is 29.7. The molecule has 1 N–H and O–H groups in total. The number of fused-ring (bicyclic) bond motifs is 1. The molecule has 6 rings (SSSR count). The van der Waals surface area contributed by atoms with Crippen LogP contribution >= 0.6 is 11.8 Å². The highest BCUT2D eigenvalue weighted by Gasteiger charge is 2.23. The number of rotatable bonds is 7. The van der Waals surface area contributed by atoms with Gasteiger partial charge in [-0.1, -0.05) is 66.4 Å². The average Bonchev–Trinajstić information content (AvgIpc) is 3.49. The zero-order valence-corrected chi connectivity index (χ0v) is 23.4. The quantitative estimate of drug-likeness (QED) is 0.247. The fourth-order valence-corrected chi connectivity index (χ4v) is 5.58. The number of piperazine rings is 1. The van der Waals surface area contributed by atoms with E-state index in [0.717, 1.165) is 51.9 Å². The molecule has 0 radical (unpaired) electrons. The number of anilines is 2. The summed E-state index contributed by atoms with van der Waals surface area (Å²) in [6.45, 7) is 4.81. The normalized spacial score (nSPS) is 13.4. The van der Waals surface area contributed by atoms with E-state index < -0.39 is 0 Å². The third-order valence-electron chi connectivity index (χ3n) is 7.21. The standard InChI is InChI=1S/C32H29N5O3S/c1-22-7-2-4-10-26(22)31(39)37-19-17-36(18-20-37)25-15-13-24(14-16-25)33-29(38)21-41-32-35-34-30(40-32)28-12-6-9-23-8-3-5-11-27(23)28/h2-16H,17-21H2,1H3,(H,33,38). The van der Waals surface area contributed by atoms with E-state index in [9.17, 15) is 9.59 Å². The van der Waals surface area contributed by atoms with Gasteiger partial charge in [0, 0.05) is 48.7 Å². The SMILES string of the molecule is Cc1ccccc1C(=O)N1CCN(c2ccc(NC(=O)CSc3nnc(-c4cccc5ccccc45)o3)cc2)CC1. The van der Waals surface area contributed by atoms with Crippen LogP contribution in [-0.4, -0.2) is 58.8 Å². The van der Waals surface area contributed by atoms with Gasteiger partial charge in [0.15, 0.2) is 0 Å². The van der Waals surface area contributed by atoms with Crippen molar-refractivity contribution in [1.29, 1.82) is 0 Å². The summed E-state index contributed by atoms with van der Waals surface area (Å²) in [5, 5.41) is 13.7. The Bertz CT molecular complexity index is 1690. The van der Waals surface area contributed by atoms with Gasteiger partial charge in [0.2, 0.25) is 11.8 Å². The first-order valence-corrected chi connectivity index (χ1v) is 14.5. The van der Waals surface area contributed by atoms with Crippen LogP contribution < -0.4 is 10.2 Å². The van der Waals surface area contributed by atoms with Gasteiger partial charge in [-0.05, 0) is 59.7 Å². The number of hydrogen-bond donors (Lipinski definition) is 1. The van der Waals surface area contributed by atoms with Crippen LogP contribution in [0.15, 0.2) is 101 Å². The summed E-state index contributed by atoms with van der Waals surface area (Å²) < 4.78 is 5.85. The van der Waals surface area contributed by atoms with Crippen LogP contribution in [0.2, 0.25) is 0 Å². The first kappa shape index (κ1) is 26.6. The van der Waals surface area contributed by atoms with E-state index in [0.29, 0.717) is 24.2 Å². The molecule has 1 saturated heterocycles.